The summed E-state index contributed by atoms with van der Waals surface area (Å²) in [6.45, 7) is 7.05. The monoisotopic (exact) mass is 422 g/mol. The van der Waals surface area contributed by atoms with Crippen LogP contribution in [0.15, 0.2) is 42.6 Å². The molecule has 0 radical (unpaired) electrons. The van der Waals surface area contributed by atoms with Crippen LogP contribution in [-0.2, 0) is 6.42 Å². The number of methoxy groups -OCH3 is 1. The Hall–Kier alpha value is -3.75. The Morgan fingerprint density at radius 2 is 1.87 bits per heavy atom. The zero-order valence-electron chi connectivity index (χ0n) is 18.1. The van der Waals surface area contributed by atoms with Gasteiger partial charge in [0, 0.05) is 30.4 Å². The lowest BCUT2D eigenvalue weighted by Gasteiger charge is -2.19. The van der Waals surface area contributed by atoms with Crippen molar-refractivity contribution >= 4 is 17.5 Å². The molecule has 2 heterocycles. The highest BCUT2D eigenvalue weighted by molar-refractivity contribution is 6.05. The maximum Gasteiger partial charge on any atom is 0.259 e. The molecule has 0 fully saturated rings. The zero-order chi connectivity index (χ0) is 22.4. The van der Waals surface area contributed by atoms with Crippen molar-refractivity contribution in [3.63, 3.8) is 0 Å². The molecule has 0 unspecified atom stereocenters. The summed E-state index contributed by atoms with van der Waals surface area (Å²) in [5, 5.41) is 15.2. The number of anilines is 1. The van der Waals surface area contributed by atoms with E-state index >= 15 is 0 Å². The first-order chi connectivity index (χ1) is 15.0. The topological polar surface area (TPSA) is 102 Å². The number of rotatable bonds is 8. The van der Waals surface area contributed by atoms with E-state index in [0.29, 0.717) is 53.7 Å². The summed E-state index contributed by atoms with van der Waals surface area (Å²) >= 11 is 0. The Morgan fingerprint density at radius 1 is 1.10 bits per heavy atom. The molecule has 0 aliphatic heterocycles. The molecule has 162 valence electrons. The molecule has 9 heteroatoms. The number of carbonyl (C=O) groups excluding carboxylic acids is 2. The van der Waals surface area contributed by atoms with E-state index in [1.165, 1.54) is 13.3 Å². The predicted octanol–water partition coefficient (Wildman–Crippen LogP) is 2.97. The molecular formula is C22H26N6O3. The number of benzene rings is 1. The van der Waals surface area contributed by atoms with Crippen molar-refractivity contribution in [2.24, 2.45) is 0 Å². The molecule has 1 N–H and O–H groups in total. The van der Waals surface area contributed by atoms with Crippen LogP contribution in [0.25, 0.3) is 5.82 Å². The van der Waals surface area contributed by atoms with Crippen LogP contribution in [0.4, 0.5) is 5.69 Å². The van der Waals surface area contributed by atoms with Crippen LogP contribution in [0.2, 0.25) is 0 Å². The van der Waals surface area contributed by atoms with Crippen LogP contribution < -0.4 is 10.1 Å². The number of nitrogens with one attached hydrogen (secondary N) is 1. The maximum atomic E-state index is 13.0. The van der Waals surface area contributed by atoms with Crippen molar-refractivity contribution in [1.29, 1.82) is 0 Å². The van der Waals surface area contributed by atoms with Gasteiger partial charge in [0.2, 0.25) is 5.88 Å². The molecule has 0 saturated carbocycles. The van der Waals surface area contributed by atoms with Crippen LogP contribution in [0, 0.1) is 0 Å². The summed E-state index contributed by atoms with van der Waals surface area (Å²) in [5.74, 6) is 0.507. The fourth-order valence-electron chi connectivity index (χ4n) is 3.26. The minimum absolute atomic E-state index is 0.0683. The first-order valence-corrected chi connectivity index (χ1v) is 10.2. The minimum Gasteiger partial charge on any atom is -0.480 e. The number of ether oxygens (including phenoxy) is 1. The highest BCUT2D eigenvalue weighted by Gasteiger charge is 2.19. The van der Waals surface area contributed by atoms with E-state index < -0.39 is 0 Å². The molecule has 0 atom stereocenters. The molecule has 0 bridgehead atoms. The van der Waals surface area contributed by atoms with E-state index in [4.69, 9.17) is 4.74 Å². The second-order valence-corrected chi connectivity index (χ2v) is 6.72. The largest absolute Gasteiger partial charge is 0.480 e. The Balaban J connectivity index is 1.83. The van der Waals surface area contributed by atoms with Gasteiger partial charge in [0.25, 0.3) is 11.8 Å². The third-order valence-electron chi connectivity index (χ3n) is 4.92. The summed E-state index contributed by atoms with van der Waals surface area (Å²) < 4.78 is 6.62. The van der Waals surface area contributed by atoms with Crippen LogP contribution in [0.1, 0.15) is 47.2 Å². The normalized spacial score (nSPS) is 10.6. The van der Waals surface area contributed by atoms with Gasteiger partial charge in [-0.3, -0.25) is 9.59 Å². The van der Waals surface area contributed by atoms with Crippen LogP contribution in [-0.4, -0.2) is 56.9 Å². The second-order valence-electron chi connectivity index (χ2n) is 6.72. The Morgan fingerprint density at radius 3 is 2.48 bits per heavy atom. The molecule has 0 spiro atoms. The van der Waals surface area contributed by atoms with Gasteiger partial charge in [-0.1, -0.05) is 13.0 Å². The standard InChI is InChI=1S/C22H26N6O3/c1-5-18-17(14-23-28(18)19-11-12-20(31-4)26-25-19)21(29)24-16-10-8-9-15(13-16)22(30)27(6-2)7-3/h8-14H,5-7H2,1-4H3,(H,24,29). The van der Waals surface area contributed by atoms with Crippen LogP contribution in [0.3, 0.4) is 0 Å². The summed E-state index contributed by atoms with van der Waals surface area (Å²) in [6.07, 6.45) is 2.07. The average Bonchev–Trinajstić information content (AvgIpc) is 3.24. The van der Waals surface area contributed by atoms with E-state index in [2.05, 4.69) is 20.6 Å². The summed E-state index contributed by atoms with van der Waals surface area (Å²) in [6, 6.07) is 10.3. The quantitative estimate of drug-likeness (QED) is 0.599. The SMILES string of the molecule is CCc1c(C(=O)Nc2cccc(C(=O)N(CC)CC)c2)cnn1-c1ccc(OC)nn1. The minimum atomic E-state index is -0.308. The van der Waals surface area contributed by atoms with Gasteiger partial charge < -0.3 is 15.0 Å². The van der Waals surface area contributed by atoms with E-state index in [1.807, 2.05) is 20.8 Å². The highest BCUT2D eigenvalue weighted by Crippen LogP contribution is 2.18. The van der Waals surface area contributed by atoms with Crippen molar-refractivity contribution in [1.82, 2.24) is 24.9 Å². The van der Waals surface area contributed by atoms with Crippen LogP contribution >= 0.6 is 0 Å². The van der Waals surface area contributed by atoms with Crippen molar-refractivity contribution in [3.8, 4) is 11.7 Å². The van der Waals surface area contributed by atoms with E-state index in [9.17, 15) is 9.59 Å². The molecule has 0 aliphatic rings. The lowest BCUT2D eigenvalue weighted by atomic mass is 10.1. The predicted molar refractivity (Wildman–Crippen MR) is 117 cm³/mol. The van der Waals surface area contributed by atoms with Gasteiger partial charge in [-0.05, 0) is 44.5 Å². The molecule has 9 nitrogen and oxygen atoms in total. The summed E-state index contributed by atoms with van der Waals surface area (Å²) in [4.78, 5) is 27.3. The average molecular weight is 422 g/mol. The Bertz CT molecular complexity index is 1060. The Kier molecular flexibility index (Phi) is 6.96. The molecule has 0 aliphatic carbocycles. The first kappa shape index (κ1) is 21.9. The number of carbonyl (C=O) groups is 2. The highest BCUT2D eigenvalue weighted by atomic mass is 16.5. The molecule has 1 aromatic carbocycles. The maximum absolute atomic E-state index is 13.0. The molecule has 3 aromatic rings. The first-order valence-electron chi connectivity index (χ1n) is 10.2. The number of hydrogen-bond acceptors (Lipinski definition) is 6. The van der Waals surface area contributed by atoms with Crippen molar-refractivity contribution in [3.05, 3.63) is 59.4 Å². The lowest BCUT2D eigenvalue weighted by molar-refractivity contribution is 0.0772. The fraction of sp³-hybridized carbons (Fsp3) is 0.318. The smallest absolute Gasteiger partial charge is 0.259 e. The van der Waals surface area contributed by atoms with Gasteiger partial charge in [0.15, 0.2) is 5.82 Å². The number of aromatic nitrogens is 4. The van der Waals surface area contributed by atoms with Gasteiger partial charge in [0.05, 0.1) is 24.6 Å². The van der Waals surface area contributed by atoms with Crippen LogP contribution in [0.5, 0.6) is 5.88 Å². The molecule has 31 heavy (non-hydrogen) atoms. The van der Waals surface area contributed by atoms with Gasteiger partial charge >= 0.3 is 0 Å². The molecule has 2 aromatic heterocycles. The van der Waals surface area contributed by atoms with E-state index in [1.54, 1.807) is 46.0 Å². The lowest BCUT2D eigenvalue weighted by Crippen LogP contribution is -2.30. The fourth-order valence-corrected chi connectivity index (χ4v) is 3.26. The van der Waals surface area contributed by atoms with Crippen molar-refractivity contribution in [2.45, 2.75) is 27.2 Å². The van der Waals surface area contributed by atoms with E-state index in [0.717, 1.165) is 0 Å². The van der Waals surface area contributed by atoms with E-state index in [-0.39, 0.29) is 11.8 Å². The molecule has 3 rings (SSSR count). The Labute approximate surface area is 181 Å². The zero-order valence-corrected chi connectivity index (χ0v) is 18.1. The van der Waals surface area contributed by atoms with Gasteiger partial charge in [0.1, 0.15) is 0 Å². The number of nitrogens with zero attached hydrogens (tertiary/aromatic N) is 5. The van der Waals surface area contributed by atoms with Gasteiger partial charge in [-0.15, -0.1) is 10.2 Å². The third kappa shape index (κ3) is 4.71. The van der Waals surface area contributed by atoms with Gasteiger partial charge in [-0.25, -0.2) is 4.68 Å². The second kappa shape index (κ2) is 9.84. The van der Waals surface area contributed by atoms with Gasteiger partial charge in [-0.2, -0.15) is 5.10 Å². The summed E-state index contributed by atoms with van der Waals surface area (Å²) in [7, 11) is 1.52. The molecular weight excluding hydrogens is 396 g/mol. The van der Waals surface area contributed by atoms with Crippen molar-refractivity contribution < 1.29 is 14.3 Å². The number of hydrogen-bond donors (Lipinski definition) is 1. The third-order valence-corrected chi connectivity index (χ3v) is 4.92. The molecule has 2 amide bonds. The summed E-state index contributed by atoms with van der Waals surface area (Å²) in [5.41, 5.74) is 2.20. The number of amides is 2. The molecule has 0 saturated heterocycles. The van der Waals surface area contributed by atoms with Crippen molar-refractivity contribution in [2.75, 3.05) is 25.5 Å².